The van der Waals surface area contributed by atoms with Crippen LogP contribution in [0.25, 0.3) is 0 Å². The van der Waals surface area contributed by atoms with Crippen LogP contribution in [-0.2, 0) is 4.79 Å². The molecule has 0 aliphatic heterocycles. The fourth-order valence-electron chi connectivity index (χ4n) is 8.77. The van der Waals surface area contributed by atoms with E-state index in [2.05, 4.69) is 13.8 Å². The number of carboxylic acids is 1. The molecule has 8 unspecified atom stereocenters. The topological polar surface area (TPSA) is 118 Å². The smallest absolute Gasteiger partial charge is 0.303 e. The highest BCUT2D eigenvalue weighted by Crippen LogP contribution is 2.69. The summed E-state index contributed by atoms with van der Waals surface area (Å²) in [6, 6.07) is 0. The van der Waals surface area contributed by atoms with Crippen molar-refractivity contribution in [3.05, 3.63) is 0 Å². The first-order chi connectivity index (χ1) is 16.1. The van der Waals surface area contributed by atoms with Gasteiger partial charge in [-0.25, -0.2) is 0 Å². The molecule has 0 bridgehead atoms. The molecule has 208 valence electrons. The summed E-state index contributed by atoms with van der Waals surface area (Å²) in [7, 11) is 0. The second-order valence-electron chi connectivity index (χ2n) is 11.6. The van der Waals surface area contributed by atoms with Crippen molar-refractivity contribution in [3.63, 3.8) is 0 Å². The standard InChI is InChI=1S/C24H40O5.C2H6O.C2H6.CH4/c1-22-13-11-17-20(16(22)10-9-15(22)6-5-8-19(26)27)24(29,14-25)21(28)18-7-3-4-12-23(17,18)2;1-2-3;1-2;/h15-18,20-21,25,28-29H,3-14H2,1-2H3,(H,26,27);3H,2H2,1H3;1-2H3;1H4/t15?,16?,17?,18?,20?,21?,22?,23?,24-;;;/m0.../s1. The minimum absolute atomic E-state index is 0. The van der Waals surface area contributed by atoms with E-state index in [4.69, 9.17) is 10.2 Å². The van der Waals surface area contributed by atoms with Crippen LogP contribution in [0.1, 0.15) is 113 Å². The lowest BCUT2D eigenvalue weighted by Crippen LogP contribution is -2.70. The van der Waals surface area contributed by atoms with Gasteiger partial charge in [-0.15, -0.1) is 0 Å². The number of rotatable bonds is 5. The van der Waals surface area contributed by atoms with Crippen molar-refractivity contribution in [1.82, 2.24) is 0 Å². The van der Waals surface area contributed by atoms with E-state index in [-0.39, 0.29) is 49.7 Å². The van der Waals surface area contributed by atoms with Gasteiger partial charge in [0.05, 0.1) is 12.7 Å². The zero-order valence-corrected chi connectivity index (χ0v) is 22.3. The van der Waals surface area contributed by atoms with E-state index in [9.17, 15) is 20.1 Å². The van der Waals surface area contributed by atoms with Crippen LogP contribution in [0.15, 0.2) is 0 Å². The highest BCUT2D eigenvalue weighted by molar-refractivity contribution is 5.66. The summed E-state index contributed by atoms with van der Waals surface area (Å²) in [4.78, 5) is 11.0. The van der Waals surface area contributed by atoms with Gasteiger partial charge >= 0.3 is 5.97 Å². The average Bonchev–Trinajstić information content (AvgIpc) is 3.15. The van der Waals surface area contributed by atoms with E-state index in [0.717, 1.165) is 51.4 Å². The summed E-state index contributed by atoms with van der Waals surface area (Å²) in [6.07, 6.45) is 9.63. The SMILES string of the molecule is C.CC.CC12CCC3C(C1CCC2CCCC(=O)O)[C@@](O)(CO)C(O)C1CCCCC13C.CCO. The second-order valence-corrected chi connectivity index (χ2v) is 11.6. The first kappa shape index (κ1) is 32.3. The van der Waals surface area contributed by atoms with E-state index in [1.807, 2.05) is 13.8 Å². The molecule has 0 radical (unpaired) electrons. The van der Waals surface area contributed by atoms with E-state index in [0.29, 0.717) is 24.2 Å². The molecule has 0 aromatic heterocycles. The van der Waals surface area contributed by atoms with Crippen LogP contribution in [-0.4, -0.2) is 56.4 Å². The fourth-order valence-corrected chi connectivity index (χ4v) is 8.77. The molecule has 0 saturated heterocycles. The third-order valence-electron chi connectivity index (χ3n) is 10.3. The number of aliphatic hydroxyl groups is 4. The Morgan fingerprint density at radius 2 is 1.51 bits per heavy atom. The number of fused-ring (bicyclic) bond motifs is 5. The minimum atomic E-state index is -1.41. The van der Waals surface area contributed by atoms with Gasteiger partial charge in [0.2, 0.25) is 0 Å². The Labute approximate surface area is 214 Å². The normalized spacial score (nSPS) is 43.6. The first-order valence-electron chi connectivity index (χ1n) is 13.9. The third kappa shape index (κ3) is 5.76. The minimum Gasteiger partial charge on any atom is -0.481 e. The zero-order valence-electron chi connectivity index (χ0n) is 22.3. The summed E-state index contributed by atoms with van der Waals surface area (Å²) < 4.78 is 0. The predicted octanol–water partition coefficient (Wildman–Crippen LogP) is 5.26. The van der Waals surface area contributed by atoms with E-state index in [1.54, 1.807) is 6.92 Å². The number of aliphatic hydroxyl groups excluding tert-OH is 3. The molecule has 0 heterocycles. The van der Waals surface area contributed by atoms with Gasteiger partial charge in [-0.3, -0.25) is 4.79 Å². The Kier molecular flexibility index (Phi) is 12.2. The molecule has 4 rings (SSSR count). The third-order valence-corrected chi connectivity index (χ3v) is 10.3. The monoisotopic (exact) mass is 500 g/mol. The van der Waals surface area contributed by atoms with E-state index >= 15 is 0 Å². The zero-order chi connectivity index (χ0) is 25.7. The summed E-state index contributed by atoms with van der Waals surface area (Å²) in [5.41, 5.74) is -1.29. The highest BCUT2D eigenvalue weighted by Gasteiger charge is 2.68. The lowest BCUT2D eigenvalue weighted by atomic mass is 9.40. The maximum absolute atomic E-state index is 11.7. The first-order valence-corrected chi connectivity index (χ1v) is 13.9. The van der Waals surface area contributed by atoms with Crippen LogP contribution in [0.3, 0.4) is 0 Å². The lowest BCUT2D eigenvalue weighted by Gasteiger charge is -2.66. The summed E-state index contributed by atoms with van der Waals surface area (Å²) in [5, 5.41) is 50.0. The van der Waals surface area contributed by atoms with Gasteiger partial charge in [-0.2, -0.15) is 0 Å². The van der Waals surface area contributed by atoms with Gasteiger partial charge in [0.25, 0.3) is 0 Å². The van der Waals surface area contributed by atoms with Crippen LogP contribution < -0.4 is 0 Å². The Morgan fingerprint density at radius 3 is 2.09 bits per heavy atom. The number of carboxylic acid groups (broad SMARTS) is 1. The molecule has 0 aromatic rings. The number of aliphatic carboxylic acids is 1. The van der Waals surface area contributed by atoms with Crippen LogP contribution in [0.4, 0.5) is 0 Å². The predicted molar refractivity (Wildman–Crippen MR) is 141 cm³/mol. The Hall–Kier alpha value is -0.690. The highest BCUT2D eigenvalue weighted by atomic mass is 16.4. The molecular formula is C29H56O6. The average molecular weight is 501 g/mol. The Bertz CT molecular complexity index is 655. The van der Waals surface area contributed by atoms with Crippen molar-refractivity contribution in [3.8, 4) is 0 Å². The molecule has 4 aliphatic carbocycles. The van der Waals surface area contributed by atoms with Crippen molar-refractivity contribution >= 4 is 5.97 Å². The van der Waals surface area contributed by atoms with E-state index < -0.39 is 17.7 Å². The van der Waals surface area contributed by atoms with Crippen molar-refractivity contribution in [2.75, 3.05) is 13.2 Å². The second kappa shape index (κ2) is 13.2. The summed E-state index contributed by atoms with van der Waals surface area (Å²) in [5.74, 6) is 0.406. The summed E-state index contributed by atoms with van der Waals surface area (Å²) >= 11 is 0. The van der Waals surface area contributed by atoms with Crippen molar-refractivity contribution in [2.24, 2.45) is 40.4 Å². The largest absolute Gasteiger partial charge is 0.481 e. The van der Waals surface area contributed by atoms with Gasteiger partial charge in [0.1, 0.15) is 5.60 Å². The fraction of sp³-hybridized carbons (Fsp3) is 0.966. The van der Waals surface area contributed by atoms with Gasteiger partial charge in [0, 0.05) is 13.0 Å². The van der Waals surface area contributed by atoms with Gasteiger partial charge in [-0.1, -0.05) is 48.0 Å². The molecule has 4 saturated carbocycles. The van der Waals surface area contributed by atoms with Crippen molar-refractivity contribution in [2.45, 2.75) is 124 Å². The van der Waals surface area contributed by atoms with Crippen molar-refractivity contribution in [1.29, 1.82) is 0 Å². The number of carbonyl (C=O) groups is 1. The molecule has 0 amide bonds. The Morgan fingerprint density at radius 1 is 0.914 bits per heavy atom. The molecule has 35 heavy (non-hydrogen) atoms. The molecular weight excluding hydrogens is 444 g/mol. The maximum atomic E-state index is 11.7. The summed E-state index contributed by atoms with van der Waals surface area (Å²) in [6.45, 7) is 10.3. The molecule has 0 spiro atoms. The number of hydrogen-bond acceptors (Lipinski definition) is 5. The van der Waals surface area contributed by atoms with Crippen LogP contribution in [0, 0.1) is 40.4 Å². The van der Waals surface area contributed by atoms with Crippen LogP contribution in [0.5, 0.6) is 0 Å². The molecule has 0 aromatic carbocycles. The van der Waals surface area contributed by atoms with Gasteiger partial charge in [0.15, 0.2) is 0 Å². The quantitative estimate of drug-likeness (QED) is 0.352. The lowest BCUT2D eigenvalue weighted by molar-refractivity contribution is -0.274. The molecule has 4 aliphatic rings. The van der Waals surface area contributed by atoms with E-state index in [1.165, 1.54) is 6.42 Å². The van der Waals surface area contributed by atoms with Crippen LogP contribution in [0.2, 0.25) is 0 Å². The van der Waals surface area contributed by atoms with Gasteiger partial charge in [-0.05, 0) is 98.7 Å². The van der Waals surface area contributed by atoms with Crippen LogP contribution >= 0.6 is 0 Å². The molecule has 9 atom stereocenters. The Balaban J connectivity index is 0.000000950. The molecule has 6 heteroatoms. The maximum Gasteiger partial charge on any atom is 0.303 e. The van der Waals surface area contributed by atoms with Crippen molar-refractivity contribution < 1.29 is 30.3 Å². The molecule has 5 N–H and O–H groups in total. The number of hydrogen-bond donors (Lipinski definition) is 5. The molecule has 4 fully saturated rings. The molecule has 6 nitrogen and oxygen atoms in total. The van der Waals surface area contributed by atoms with Gasteiger partial charge < -0.3 is 25.5 Å².